The van der Waals surface area contributed by atoms with Crippen LogP contribution in [0.5, 0.6) is 0 Å². The highest BCUT2D eigenvalue weighted by molar-refractivity contribution is 5.99. The van der Waals surface area contributed by atoms with Crippen LogP contribution in [0.15, 0.2) is 36.7 Å². The van der Waals surface area contributed by atoms with Crippen molar-refractivity contribution in [1.82, 2.24) is 9.55 Å². The van der Waals surface area contributed by atoms with Gasteiger partial charge in [-0.25, -0.2) is 4.98 Å². The Bertz CT molecular complexity index is 588. The number of Topliss-reactive ketones (excluding diaryl/α,β-unsaturated/α-hetero) is 1. The number of hydrogen-bond acceptors (Lipinski definition) is 3. The first-order valence-electron chi connectivity index (χ1n) is 6.11. The molecule has 0 radical (unpaired) electrons. The van der Waals surface area contributed by atoms with Crippen molar-refractivity contribution in [3.63, 3.8) is 0 Å². The predicted octanol–water partition coefficient (Wildman–Crippen LogP) is 2.20. The van der Waals surface area contributed by atoms with Crippen LogP contribution < -0.4 is 5.32 Å². The lowest BCUT2D eigenvalue weighted by Gasteiger charge is -2.25. The summed E-state index contributed by atoms with van der Waals surface area (Å²) in [5.74, 6) is 0.566. The Kier molecular flexibility index (Phi) is 2.63. The van der Waals surface area contributed by atoms with Gasteiger partial charge in [0, 0.05) is 31.7 Å². The highest BCUT2D eigenvalue weighted by Gasteiger charge is 2.28. The first kappa shape index (κ1) is 11.0. The molecule has 0 saturated heterocycles. The number of nitrogens with zero attached hydrogens (tertiary/aromatic N) is 2. The Morgan fingerprint density at radius 2 is 2.28 bits per heavy atom. The normalized spacial score (nSPS) is 17.9. The standard InChI is InChI=1S/C14H15N3O/c1-17-9-8-16-14(17)13(18)11-6-7-15-12-5-3-2-4-10(11)12/h2-5,8-9,11,15H,6-7H2,1H3. The van der Waals surface area contributed by atoms with Gasteiger partial charge in [-0.3, -0.25) is 4.79 Å². The van der Waals surface area contributed by atoms with E-state index in [4.69, 9.17) is 0 Å². The number of imidazole rings is 1. The zero-order valence-corrected chi connectivity index (χ0v) is 10.3. The lowest BCUT2D eigenvalue weighted by atomic mass is 9.87. The summed E-state index contributed by atoms with van der Waals surface area (Å²) in [5.41, 5.74) is 2.15. The van der Waals surface area contributed by atoms with Gasteiger partial charge in [0.15, 0.2) is 5.82 Å². The van der Waals surface area contributed by atoms with E-state index in [0.29, 0.717) is 5.82 Å². The SMILES string of the molecule is Cn1ccnc1C(=O)C1CCNc2ccccc21. The maximum atomic E-state index is 12.5. The Morgan fingerprint density at radius 3 is 3.06 bits per heavy atom. The van der Waals surface area contributed by atoms with Gasteiger partial charge in [-0.15, -0.1) is 0 Å². The first-order chi connectivity index (χ1) is 8.77. The number of rotatable bonds is 2. The second-order valence-corrected chi connectivity index (χ2v) is 4.58. The number of carbonyl (C=O) groups is 1. The number of ketones is 1. The molecule has 0 amide bonds. The van der Waals surface area contributed by atoms with Gasteiger partial charge in [-0.2, -0.15) is 0 Å². The van der Waals surface area contributed by atoms with Gasteiger partial charge in [0.25, 0.3) is 0 Å². The summed E-state index contributed by atoms with van der Waals surface area (Å²) in [4.78, 5) is 16.7. The molecular weight excluding hydrogens is 226 g/mol. The molecule has 1 aliphatic rings. The van der Waals surface area contributed by atoms with Crippen LogP contribution in [0.3, 0.4) is 0 Å². The Balaban J connectivity index is 2.00. The summed E-state index contributed by atoms with van der Waals surface area (Å²) < 4.78 is 1.78. The first-order valence-corrected chi connectivity index (χ1v) is 6.11. The minimum absolute atomic E-state index is 0.0800. The predicted molar refractivity (Wildman–Crippen MR) is 69.8 cm³/mol. The molecule has 0 bridgehead atoms. The van der Waals surface area contributed by atoms with Crippen LogP contribution in [-0.4, -0.2) is 21.9 Å². The Hall–Kier alpha value is -2.10. The number of anilines is 1. The molecule has 18 heavy (non-hydrogen) atoms. The molecule has 92 valence electrons. The summed E-state index contributed by atoms with van der Waals surface area (Å²) in [5, 5.41) is 3.33. The van der Waals surface area contributed by atoms with Crippen molar-refractivity contribution in [1.29, 1.82) is 0 Å². The summed E-state index contributed by atoms with van der Waals surface area (Å²) >= 11 is 0. The quantitative estimate of drug-likeness (QED) is 0.820. The Morgan fingerprint density at radius 1 is 1.44 bits per heavy atom. The van der Waals surface area contributed by atoms with Crippen molar-refractivity contribution in [2.75, 3.05) is 11.9 Å². The van der Waals surface area contributed by atoms with E-state index in [9.17, 15) is 4.79 Å². The third-order valence-electron chi connectivity index (χ3n) is 3.44. The smallest absolute Gasteiger partial charge is 0.205 e. The van der Waals surface area contributed by atoms with Gasteiger partial charge in [0.05, 0.1) is 5.92 Å². The molecular formula is C14H15N3O. The highest BCUT2D eigenvalue weighted by atomic mass is 16.1. The second kappa shape index (κ2) is 4.29. The van der Waals surface area contributed by atoms with Crippen molar-refractivity contribution in [2.45, 2.75) is 12.3 Å². The fourth-order valence-corrected chi connectivity index (χ4v) is 2.50. The van der Waals surface area contributed by atoms with Gasteiger partial charge in [0.2, 0.25) is 5.78 Å². The zero-order valence-electron chi connectivity index (χ0n) is 10.3. The third-order valence-corrected chi connectivity index (χ3v) is 3.44. The molecule has 3 rings (SSSR count). The van der Waals surface area contributed by atoms with E-state index in [1.165, 1.54) is 0 Å². The summed E-state index contributed by atoms with van der Waals surface area (Å²) in [6.07, 6.45) is 4.29. The number of aromatic nitrogens is 2. The lowest BCUT2D eigenvalue weighted by molar-refractivity contribution is 0.0942. The number of carbonyl (C=O) groups excluding carboxylic acids is 1. The molecule has 1 atom stereocenters. The summed E-state index contributed by atoms with van der Waals surface area (Å²) in [6.45, 7) is 0.831. The minimum atomic E-state index is -0.0800. The van der Waals surface area contributed by atoms with Gasteiger partial charge < -0.3 is 9.88 Å². The van der Waals surface area contributed by atoms with Crippen LogP contribution in [0.4, 0.5) is 5.69 Å². The minimum Gasteiger partial charge on any atom is -0.385 e. The fourth-order valence-electron chi connectivity index (χ4n) is 2.50. The largest absolute Gasteiger partial charge is 0.385 e. The maximum absolute atomic E-state index is 12.5. The van der Waals surface area contributed by atoms with E-state index in [1.54, 1.807) is 17.0 Å². The van der Waals surface area contributed by atoms with Crippen molar-refractivity contribution in [3.05, 3.63) is 48.0 Å². The average Bonchev–Trinajstić information content (AvgIpc) is 2.83. The lowest BCUT2D eigenvalue weighted by Crippen LogP contribution is -2.24. The molecule has 1 unspecified atom stereocenters. The molecule has 0 fully saturated rings. The number of hydrogen-bond donors (Lipinski definition) is 1. The molecule has 2 heterocycles. The molecule has 1 aliphatic heterocycles. The number of benzene rings is 1. The van der Waals surface area contributed by atoms with Crippen LogP contribution >= 0.6 is 0 Å². The maximum Gasteiger partial charge on any atom is 0.205 e. The summed E-state index contributed by atoms with van der Waals surface area (Å²) in [6, 6.07) is 8.00. The number of fused-ring (bicyclic) bond motifs is 1. The van der Waals surface area contributed by atoms with E-state index in [0.717, 1.165) is 24.2 Å². The van der Waals surface area contributed by atoms with E-state index in [-0.39, 0.29) is 11.7 Å². The molecule has 2 aromatic rings. The molecule has 1 N–H and O–H groups in total. The van der Waals surface area contributed by atoms with Crippen LogP contribution in [-0.2, 0) is 7.05 Å². The highest BCUT2D eigenvalue weighted by Crippen LogP contribution is 2.33. The zero-order chi connectivity index (χ0) is 12.5. The van der Waals surface area contributed by atoms with E-state index in [1.807, 2.05) is 31.3 Å². The van der Waals surface area contributed by atoms with E-state index >= 15 is 0 Å². The van der Waals surface area contributed by atoms with Crippen molar-refractivity contribution < 1.29 is 4.79 Å². The molecule has 1 aromatic carbocycles. The number of aryl methyl sites for hydroxylation is 1. The molecule has 1 aromatic heterocycles. The van der Waals surface area contributed by atoms with Gasteiger partial charge in [-0.1, -0.05) is 18.2 Å². The van der Waals surface area contributed by atoms with Crippen LogP contribution in [0.1, 0.15) is 28.5 Å². The van der Waals surface area contributed by atoms with Crippen LogP contribution in [0, 0.1) is 0 Å². The average molecular weight is 241 g/mol. The van der Waals surface area contributed by atoms with E-state index < -0.39 is 0 Å². The van der Waals surface area contributed by atoms with E-state index in [2.05, 4.69) is 10.3 Å². The second-order valence-electron chi connectivity index (χ2n) is 4.58. The third kappa shape index (κ3) is 1.70. The van der Waals surface area contributed by atoms with Crippen molar-refractivity contribution in [2.24, 2.45) is 7.05 Å². The van der Waals surface area contributed by atoms with Crippen LogP contribution in [0.2, 0.25) is 0 Å². The number of nitrogens with one attached hydrogen (secondary N) is 1. The molecule has 0 spiro atoms. The molecule has 0 saturated carbocycles. The summed E-state index contributed by atoms with van der Waals surface area (Å²) in [7, 11) is 1.85. The van der Waals surface area contributed by atoms with Gasteiger partial charge in [-0.05, 0) is 18.1 Å². The number of para-hydroxylation sites is 1. The topological polar surface area (TPSA) is 46.9 Å². The Labute approximate surface area is 106 Å². The van der Waals surface area contributed by atoms with Gasteiger partial charge in [0.1, 0.15) is 0 Å². The fraction of sp³-hybridized carbons (Fsp3) is 0.286. The molecule has 0 aliphatic carbocycles. The molecule has 4 heteroatoms. The van der Waals surface area contributed by atoms with Crippen molar-refractivity contribution >= 4 is 11.5 Å². The molecule has 4 nitrogen and oxygen atoms in total. The monoisotopic (exact) mass is 241 g/mol. The van der Waals surface area contributed by atoms with Gasteiger partial charge >= 0.3 is 0 Å². The van der Waals surface area contributed by atoms with Crippen LogP contribution in [0.25, 0.3) is 0 Å². The van der Waals surface area contributed by atoms with Crippen molar-refractivity contribution in [3.8, 4) is 0 Å².